The van der Waals surface area contributed by atoms with Gasteiger partial charge in [0.25, 0.3) is 0 Å². The smallest absolute Gasteiger partial charge is 0.231 e. The van der Waals surface area contributed by atoms with E-state index in [1.54, 1.807) is 6.07 Å². The summed E-state index contributed by atoms with van der Waals surface area (Å²) in [6.45, 7) is 1.62. The van der Waals surface area contributed by atoms with Gasteiger partial charge in [0.1, 0.15) is 0 Å². The number of halogens is 1. The van der Waals surface area contributed by atoms with Crippen LogP contribution in [0.3, 0.4) is 0 Å². The summed E-state index contributed by atoms with van der Waals surface area (Å²) in [7, 11) is -0.341. The van der Waals surface area contributed by atoms with Gasteiger partial charge >= 0.3 is 0 Å². The molecule has 0 saturated carbocycles. The van der Waals surface area contributed by atoms with Crippen LogP contribution in [-0.2, 0) is 16.6 Å². The normalized spacial score (nSPS) is 24.0. The molecular formula is C15H21ClN2O5S. The van der Waals surface area contributed by atoms with Gasteiger partial charge in [-0.3, -0.25) is 4.90 Å². The van der Waals surface area contributed by atoms with Crippen LogP contribution in [0, 0.1) is 5.92 Å². The van der Waals surface area contributed by atoms with E-state index in [0.29, 0.717) is 36.2 Å². The number of hydrogen-bond donors (Lipinski definition) is 1. The van der Waals surface area contributed by atoms with Crippen LogP contribution in [0.2, 0.25) is 5.02 Å². The van der Waals surface area contributed by atoms with E-state index in [4.69, 9.17) is 21.1 Å². The number of nitrogens with zero attached hydrogens (tertiary/aromatic N) is 2. The third-order valence-corrected chi connectivity index (χ3v) is 6.71. The average molecular weight is 377 g/mol. The van der Waals surface area contributed by atoms with Crippen LogP contribution in [0.15, 0.2) is 12.1 Å². The summed E-state index contributed by atoms with van der Waals surface area (Å²) < 4.78 is 35.9. The third kappa shape index (κ3) is 3.62. The highest BCUT2D eigenvalue weighted by Crippen LogP contribution is 2.37. The molecule has 0 aromatic heterocycles. The van der Waals surface area contributed by atoms with Crippen molar-refractivity contribution in [3.05, 3.63) is 22.7 Å². The van der Waals surface area contributed by atoms with Gasteiger partial charge in [0.05, 0.1) is 11.9 Å². The first-order valence-corrected chi connectivity index (χ1v) is 9.63. The van der Waals surface area contributed by atoms with Gasteiger partial charge in [0.15, 0.2) is 11.5 Å². The molecule has 2 atom stereocenters. The lowest BCUT2D eigenvalue weighted by molar-refractivity contribution is 0.148. The number of sulfonamides is 1. The zero-order valence-electron chi connectivity index (χ0n) is 13.6. The number of fused-ring (bicyclic) bond motifs is 1. The SMILES string of the molecule is CN(C)S(=O)(=O)C[C@@H]1CN(Cc2cc3c(cc2Cl)OCO3)C[C@@H]1O. The van der Waals surface area contributed by atoms with Crippen molar-refractivity contribution in [2.24, 2.45) is 5.92 Å². The Morgan fingerprint density at radius 3 is 2.62 bits per heavy atom. The minimum atomic E-state index is -3.34. The first-order valence-electron chi connectivity index (χ1n) is 7.65. The Hall–Kier alpha value is -1.06. The fraction of sp³-hybridized carbons (Fsp3) is 0.600. The molecule has 0 spiro atoms. The average Bonchev–Trinajstić information content (AvgIpc) is 3.06. The van der Waals surface area contributed by atoms with Crippen molar-refractivity contribution >= 4 is 21.6 Å². The topological polar surface area (TPSA) is 79.3 Å². The summed E-state index contributed by atoms with van der Waals surface area (Å²) >= 11 is 6.28. The number of ether oxygens (including phenoxy) is 2. The Balaban J connectivity index is 1.68. The van der Waals surface area contributed by atoms with Gasteiger partial charge in [-0.1, -0.05) is 11.6 Å². The highest BCUT2D eigenvalue weighted by Gasteiger charge is 2.35. The molecule has 2 aliphatic heterocycles. The molecule has 1 N–H and O–H groups in total. The monoisotopic (exact) mass is 376 g/mol. The van der Waals surface area contributed by atoms with E-state index in [-0.39, 0.29) is 18.5 Å². The van der Waals surface area contributed by atoms with Crippen molar-refractivity contribution in [1.82, 2.24) is 9.21 Å². The lowest BCUT2D eigenvalue weighted by Crippen LogP contribution is -2.33. The van der Waals surface area contributed by atoms with Crippen LogP contribution in [0.4, 0.5) is 0 Å². The first kappa shape index (κ1) is 17.8. The number of aliphatic hydroxyl groups excluding tert-OH is 1. The molecule has 7 nitrogen and oxygen atoms in total. The Labute approximate surface area is 146 Å². The maximum Gasteiger partial charge on any atom is 0.231 e. The first-order chi connectivity index (χ1) is 11.3. The van der Waals surface area contributed by atoms with Crippen molar-refractivity contribution in [3.8, 4) is 11.5 Å². The van der Waals surface area contributed by atoms with Crippen LogP contribution >= 0.6 is 11.6 Å². The maximum absolute atomic E-state index is 12.0. The fourth-order valence-corrected chi connectivity index (χ4v) is 4.36. The molecule has 0 radical (unpaired) electrons. The molecule has 3 rings (SSSR count). The second-order valence-corrected chi connectivity index (χ2v) is 9.01. The van der Waals surface area contributed by atoms with Crippen molar-refractivity contribution in [2.45, 2.75) is 12.6 Å². The molecule has 134 valence electrons. The van der Waals surface area contributed by atoms with E-state index < -0.39 is 16.1 Å². The van der Waals surface area contributed by atoms with Crippen molar-refractivity contribution < 1.29 is 23.0 Å². The third-order valence-electron chi connectivity index (χ3n) is 4.40. The summed E-state index contributed by atoms with van der Waals surface area (Å²) in [5, 5.41) is 10.8. The fourth-order valence-electron chi connectivity index (χ4n) is 2.98. The molecule has 0 unspecified atom stereocenters. The lowest BCUT2D eigenvalue weighted by Gasteiger charge is -2.18. The van der Waals surface area contributed by atoms with Crippen LogP contribution in [0.25, 0.3) is 0 Å². The minimum Gasteiger partial charge on any atom is -0.454 e. The van der Waals surface area contributed by atoms with Crippen molar-refractivity contribution in [1.29, 1.82) is 0 Å². The standard InChI is InChI=1S/C15H21ClN2O5S/c1-17(2)24(20,21)8-11-6-18(7-13(11)19)5-10-3-14-15(4-12(10)16)23-9-22-14/h3-4,11,13,19H,5-9H2,1-2H3/t11-,13-/m0/s1. The van der Waals surface area contributed by atoms with Gasteiger partial charge in [0.2, 0.25) is 16.8 Å². The molecular weight excluding hydrogens is 356 g/mol. The predicted octanol–water partition coefficient (Wildman–Crippen LogP) is 0.753. The molecule has 0 bridgehead atoms. The number of rotatable bonds is 5. The van der Waals surface area contributed by atoms with E-state index >= 15 is 0 Å². The van der Waals surface area contributed by atoms with E-state index in [1.165, 1.54) is 18.4 Å². The van der Waals surface area contributed by atoms with Crippen LogP contribution < -0.4 is 9.47 Å². The molecule has 24 heavy (non-hydrogen) atoms. The summed E-state index contributed by atoms with van der Waals surface area (Å²) in [5.74, 6) is 0.901. The molecule has 0 aliphatic carbocycles. The van der Waals surface area contributed by atoms with E-state index in [0.717, 1.165) is 5.56 Å². The molecule has 1 saturated heterocycles. The van der Waals surface area contributed by atoms with Gasteiger partial charge in [-0.25, -0.2) is 12.7 Å². The van der Waals surface area contributed by atoms with E-state index in [1.807, 2.05) is 11.0 Å². The molecule has 9 heteroatoms. The number of benzene rings is 1. The van der Waals surface area contributed by atoms with Crippen LogP contribution in [0.1, 0.15) is 5.56 Å². The predicted molar refractivity (Wildman–Crippen MR) is 89.8 cm³/mol. The summed E-state index contributed by atoms with van der Waals surface area (Å²) in [5.41, 5.74) is 0.865. The van der Waals surface area contributed by atoms with E-state index in [2.05, 4.69) is 0 Å². The highest BCUT2D eigenvalue weighted by atomic mass is 35.5. The number of likely N-dealkylation sites (tertiary alicyclic amines) is 1. The lowest BCUT2D eigenvalue weighted by atomic mass is 10.1. The molecule has 0 amide bonds. The van der Waals surface area contributed by atoms with E-state index in [9.17, 15) is 13.5 Å². The zero-order chi connectivity index (χ0) is 17.5. The van der Waals surface area contributed by atoms with Gasteiger partial charge in [0, 0.05) is 50.7 Å². The number of aliphatic hydroxyl groups is 1. The highest BCUT2D eigenvalue weighted by molar-refractivity contribution is 7.89. The summed E-state index contributed by atoms with van der Waals surface area (Å²) in [4.78, 5) is 2.00. The summed E-state index contributed by atoms with van der Waals surface area (Å²) in [6, 6.07) is 3.56. The van der Waals surface area contributed by atoms with Gasteiger partial charge < -0.3 is 14.6 Å². The second-order valence-electron chi connectivity index (χ2n) is 6.38. The van der Waals surface area contributed by atoms with Gasteiger partial charge in [-0.2, -0.15) is 0 Å². The largest absolute Gasteiger partial charge is 0.454 e. The van der Waals surface area contributed by atoms with Crippen molar-refractivity contribution in [2.75, 3.05) is 39.7 Å². The van der Waals surface area contributed by atoms with Crippen LogP contribution in [-0.4, -0.2) is 68.6 Å². The molecule has 1 aromatic carbocycles. The number of hydrogen-bond acceptors (Lipinski definition) is 6. The Morgan fingerprint density at radius 2 is 1.96 bits per heavy atom. The Kier molecular flexibility index (Phi) is 4.94. The quantitative estimate of drug-likeness (QED) is 0.817. The molecule has 1 aromatic rings. The Bertz CT molecular complexity index is 725. The molecule has 1 fully saturated rings. The second kappa shape index (κ2) is 6.68. The zero-order valence-corrected chi connectivity index (χ0v) is 15.2. The minimum absolute atomic E-state index is 0.0630. The summed E-state index contributed by atoms with van der Waals surface area (Å²) in [6.07, 6.45) is -0.674. The molecule has 2 aliphatic rings. The van der Waals surface area contributed by atoms with Gasteiger partial charge in [-0.15, -0.1) is 0 Å². The van der Waals surface area contributed by atoms with Crippen LogP contribution in [0.5, 0.6) is 11.5 Å². The van der Waals surface area contributed by atoms with Crippen molar-refractivity contribution in [3.63, 3.8) is 0 Å². The van der Waals surface area contributed by atoms with Gasteiger partial charge in [-0.05, 0) is 11.6 Å². The Morgan fingerprint density at radius 1 is 1.29 bits per heavy atom. The maximum atomic E-state index is 12.0. The molecule has 2 heterocycles. The number of β-amino-alcohol motifs (C(OH)–C–C–N with tert-alkyl or cyclic N) is 1.